The number of nitrogens with one attached hydrogen (secondary N) is 2. The number of nitriles is 1. The summed E-state index contributed by atoms with van der Waals surface area (Å²) in [5.74, 6) is 1.19. The number of aromatic nitrogens is 1. The van der Waals surface area contributed by atoms with Crippen molar-refractivity contribution >= 4 is 17.5 Å². The van der Waals surface area contributed by atoms with Crippen LogP contribution in [0.5, 0.6) is 0 Å². The number of nitrogens with zero attached hydrogens (tertiary/aromatic N) is 3. The molecule has 0 unspecified atom stereocenters. The second-order valence-corrected chi connectivity index (χ2v) is 7.13. The van der Waals surface area contributed by atoms with Gasteiger partial charge in [-0.2, -0.15) is 5.26 Å². The van der Waals surface area contributed by atoms with Gasteiger partial charge in [-0.3, -0.25) is 0 Å². The standard InChI is InChI=1S/C21H25N5O/c1-15-10-16(2)12-19(11-15)25-21(27)24-14-17-5-8-26(9-6-17)20-18(13-22)4-3-7-23-20/h3-4,7,10-12,17H,5-6,8-9,14H2,1-2H3,(H2,24,25,27). The minimum Gasteiger partial charge on any atom is -0.356 e. The first kappa shape index (κ1) is 18.7. The fourth-order valence-electron chi connectivity index (χ4n) is 3.54. The quantitative estimate of drug-likeness (QED) is 0.869. The van der Waals surface area contributed by atoms with Gasteiger partial charge in [0.1, 0.15) is 11.9 Å². The minimum atomic E-state index is -0.168. The summed E-state index contributed by atoms with van der Waals surface area (Å²) in [6.45, 7) is 6.37. The number of piperidine rings is 1. The number of carbonyl (C=O) groups excluding carboxylic acids is 1. The molecule has 3 rings (SSSR count). The van der Waals surface area contributed by atoms with Crippen LogP contribution in [0.3, 0.4) is 0 Å². The van der Waals surface area contributed by atoms with Gasteiger partial charge in [-0.1, -0.05) is 6.07 Å². The average Bonchev–Trinajstić information content (AvgIpc) is 2.66. The second-order valence-electron chi connectivity index (χ2n) is 7.13. The first-order chi connectivity index (χ1) is 13.0. The molecule has 140 valence electrons. The summed E-state index contributed by atoms with van der Waals surface area (Å²) in [7, 11) is 0. The predicted octanol–water partition coefficient (Wildman–Crippen LogP) is 3.61. The van der Waals surface area contributed by atoms with Crippen LogP contribution in [-0.2, 0) is 0 Å². The number of aryl methyl sites for hydroxylation is 2. The fourth-order valence-corrected chi connectivity index (χ4v) is 3.54. The van der Waals surface area contributed by atoms with Crippen LogP contribution in [-0.4, -0.2) is 30.6 Å². The Labute approximate surface area is 160 Å². The Hall–Kier alpha value is -3.07. The van der Waals surface area contributed by atoms with E-state index in [1.807, 2.05) is 26.0 Å². The van der Waals surface area contributed by atoms with Crippen LogP contribution in [0.2, 0.25) is 0 Å². The van der Waals surface area contributed by atoms with E-state index in [4.69, 9.17) is 0 Å². The van der Waals surface area contributed by atoms with Crippen molar-refractivity contribution in [2.24, 2.45) is 5.92 Å². The molecule has 2 heterocycles. The smallest absolute Gasteiger partial charge is 0.319 e. The Morgan fingerprint density at radius 1 is 1.26 bits per heavy atom. The predicted molar refractivity (Wildman–Crippen MR) is 107 cm³/mol. The Kier molecular flexibility index (Phi) is 5.92. The van der Waals surface area contributed by atoms with E-state index in [0.29, 0.717) is 18.0 Å². The third-order valence-electron chi connectivity index (χ3n) is 4.85. The zero-order valence-electron chi connectivity index (χ0n) is 15.8. The summed E-state index contributed by atoms with van der Waals surface area (Å²) < 4.78 is 0. The molecule has 1 aliphatic heterocycles. The molecule has 1 aliphatic rings. The molecule has 2 aromatic rings. The maximum Gasteiger partial charge on any atom is 0.319 e. The minimum absolute atomic E-state index is 0.168. The number of rotatable bonds is 4. The lowest BCUT2D eigenvalue weighted by atomic mass is 9.96. The first-order valence-electron chi connectivity index (χ1n) is 9.28. The van der Waals surface area contributed by atoms with Crippen LogP contribution >= 0.6 is 0 Å². The monoisotopic (exact) mass is 363 g/mol. The number of urea groups is 1. The topological polar surface area (TPSA) is 81.1 Å². The van der Waals surface area contributed by atoms with E-state index >= 15 is 0 Å². The molecule has 1 aromatic heterocycles. The van der Waals surface area contributed by atoms with Gasteiger partial charge in [0.15, 0.2) is 0 Å². The third-order valence-corrected chi connectivity index (χ3v) is 4.85. The summed E-state index contributed by atoms with van der Waals surface area (Å²) in [5, 5.41) is 15.1. The maximum atomic E-state index is 12.2. The highest BCUT2D eigenvalue weighted by molar-refractivity contribution is 5.89. The molecule has 1 fully saturated rings. The van der Waals surface area contributed by atoms with Crippen molar-refractivity contribution in [3.63, 3.8) is 0 Å². The molecule has 0 bridgehead atoms. The zero-order chi connectivity index (χ0) is 19.2. The molecule has 0 saturated carbocycles. The van der Waals surface area contributed by atoms with Crippen molar-refractivity contribution in [3.05, 3.63) is 53.2 Å². The van der Waals surface area contributed by atoms with Crippen LogP contribution in [0.4, 0.5) is 16.3 Å². The molecule has 0 spiro atoms. The van der Waals surface area contributed by atoms with Crippen molar-refractivity contribution < 1.29 is 4.79 Å². The second kappa shape index (κ2) is 8.54. The Morgan fingerprint density at radius 2 is 1.96 bits per heavy atom. The van der Waals surface area contributed by atoms with E-state index in [-0.39, 0.29) is 6.03 Å². The lowest BCUT2D eigenvalue weighted by molar-refractivity contribution is 0.248. The van der Waals surface area contributed by atoms with Crippen molar-refractivity contribution in [2.75, 3.05) is 29.9 Å². The SMILES string of the molecule is Cc1cc(C)cc(NC(=O)NCC2CCN(c3ncccc3C#N)CC2)c1. The van der Waals surface area contributed by atoms with Gasteiger partial charge in [0, 0.05) is 31.5 Å². The van der Waals surface area contributed by atoms with Crippen LogP contribution in [0.1, 0.15) is 29.5 Å². The first-order valence-corrected chi connectivity index (χ1v) is 9.28. The lowest BCUT2D eigenvalue weighted by Gasteiger charge is -2.33. The van der Waals surface area contributed by atoms with Crippen LogP contribution < -0.4 is 15.5 Å². The highest BCUT2D eigenvalue weighted by Gasteiger charge is 2.22. The van der Waals surface area contributed by atoms with Gasteiger partial charge in [-0.25, -0.2) is 9.78 Å². The summed E-state index contributed by atoms with van der Waals surface area (Å²) in [6.07, 6.45) is 3.65. The van der Waals surface area contributed by atoms with Gasteiger partial charge in [0.25, 0.3) is 0 Å². The Balaban J connectivity index is 1.47. The van der Waals surface area contributed by atoms with E-state index in [2.05, 4.69) is 32.7 Å². The van der Waals surface area contributed by atoms with E-state index < -0.39 is 0 Å². The number of benzene rings is 1. The van der Waals surface area contributed by atoms with E-state index in [0.717, 1.165) is 48.6 Å². The molecule has 2 N–H and O–H groups in total. The van der Waals surface area contributed by atoms with E-state index in [1.165, 1.54) is 0 Å². The number of amides is 2. The number of carbonyl (C=O) groups is 1. The van der Waals surface area contributed by atoms with Gasteiger partial charge < -0.3 is 15.5 Å². The fraction of sp³-hybridized carbons (Fsp3) is 0.381. The molecule has 6 heteroatoms. The number of anilines is 2. The average molecular weight is 363 g/mol. The third kappa shape index (κ3) is 4.98. The van der Waals surface area contributed by atoms with E-state index in [1.54, 1.807) is 18.3 Å². The van der Waals surface area contributed by atoms with Crippen molar-refractivity contribution in [3.8, 4) is 6.07 Å². The molecular weight excluding hydrogens is 338 g/mol. The van der Waals surface area contributed by atoms with Crippen LogP contribution in [0.25, 0.3) is 0 Å². The Bertz CT molecular complexity index is 830. The van der Waals surface area contributed by atoms with Gasteiger partial charge in [0.2, 0.25) is 0 Å². The van der Waals surface area contributed by atoms with Crippen molar-refractivity contribution in [1.82, 2.24) is 10.3 Å². The molecule has 2 amide bonds. The zero-order valence-corrected chi connectivity index (χ0v) is 15.8. The van der Waals surface area contributed by atoms with Gasteiger partial charge in [0.05, 0.1) is 5.56 Å². The van der Waals surface area contributed by atoms with Crippen molar-refractivity contribution in [2.45, 2.75) is 26.7 Å². The maximum absolute atomic E-state index is 12.2. The summed E-state index contributed by atoms with van der Waals surface area (Å²) >= 11 is 0. The van der Waals surface area contributed by atoms with Crippen molar-refractivity contribution in [1.29, 1.82) is 5.26 Å². The molecule has 1 saturated heterocycles. The molecular formula is C21H25N5O. The molecule has 0 radical (unpaired) electrons. The van der Waals surface area contributed by atoms with Crippen LogP contribution in [0, 0.1) is 31.1 Å². The number of hydrogen-bond acceptors (Lipinski definition) is 4. The van der Waals surface area contributed by atoms with Crippen LogP contribution in [0.15, 0.2) is 36.5 Å². The summed E-state index contributed by atoms with van der Waals surface area (Å²) in [5.41, 5.74) is 3.69. The molecule has 1 aromatic carbocycles. The summed E-state index contributed by atoms with van der Waals surface area (Å²) in [6, 6.07) is 11.6. The van der Waals surface area contributed by atoms with Gasteiger partial charge >= 0.3 is 6.03 Å². The lowest BCUT2D eigenvalue weighted by Crippen LogP contribution is -2.40. The van der Waals surface area contributed by atoms with E-state index in [9.17, 15) is 10.1 Å². The Morgan fingerprint density at radius 3 is 2.63 bits per heavy atom. The number of hydrogen-bond donors (Lipinski definition) is 2. The van der Waals surface area contributed by atoms with Gasteiger partial charge in [-0.15, -0.1) is 0 Å². The van der Waals surface area contributed by atoms with Gasteiger partial charge in [-0.05, 0) is 68.0 Å². The number of pyridine rings is 1. The largest absolute Gasteiger partial charge is 0.356 e. The molecule has 27 heavy (non-hydrogen) atoms. The summed E-state index contributed by atoms with van der Waals surface area (Å²) in [4.78, 5) is 18.7. The molecule has 0 aliphatic carbocycles. The highest BCUT2D eigenvalue weighted by atomic mass is 16.2. The highest BCUT2D eigenvalue weighted by Crippen LogP contribution is 2.23. The molecule has 6 nitrogen and oxygen atoms in total. The normalized spacial score (nSPS) is 14.5. The molecule has 0 atom stereocenters.